The number of carbonyl (C=O) groups excluding carboxylic acids is 1. The third kappa shape index (κ3) is 4.35. The summed E-state index contributed by atoms with van der Waals surface area (Å²) in [4.78, 5) is 22.9. The first-order chi connectivity index (χ1) is 14.1. The van der Waals surface area contributed by atoms with Crippen molar-refractivity contribution in [1.29, 1.82) is 0 Å². The number of hydrogen-bond acceptors (Lipinski definition) is 11. The van der Waals surface area contributed by atoms with Crippen molar-refractivity contribution in [3.8, 4) is 17.8 Å². The summed E-state index contributed by atoms with van der Waals surface area (Å²) < 4.78 is 65.9. The molecule has 162 valence electrons. The molecular weight excluding hydrogens is 442 g/mol. The normalized spacial score (nSPS) is 17.2. The van der Waals surface area contributed by atoms with Crippen LogP contribution in [0, 0.1) is 0 Å². The largest absolute Gasteiger partial charge is 0.467 e. The Bertz CT molecular complexity index is 1180. The van der Waals surface area contributed by atoms with Gasteiger partial charge in [0, 0.05) is 0 Å². The van der Waals surface area contributed by atoms with Crippen molar-refractivity contribution in [3.63, 3.8) is 0 Å². The van der Waals surface area contributed by atoms with Gasteiger partial charge in [-0.1, -0.05) is 12.1 Å². The van der Waals surface area contributed by atoms with Gasteiger partial charge in [-0.25, -0.2) is 17.9 Å². The van der Waals surface area contributed by atoms with Crippen LogP contribution in [0.15, 0.2) is 23.1 Å². The molecule has 1 aliphatic rings. The van der Waals surface area contributed by atoms with E-state index in [4.69, 9.17) is 13.7 Å². The van der Waals surface area contributed by atoms with E-state index in [-0.39, 0.29) is 30.1 Å². The molecule has 0 radical (unpaired) electrons. The average Bonchev–Trinajstić information content (AvgIpc) is 2.67. The molecule has 30 heavy (non-hydrogen) atoms. The van der Waals surface area contributed by atoms with E-state index >= 15 is 0 Å². The van der Waals surface area contributed by atoms with Crippen LogP contribution < -0.4 is 23.7 Å². The van der Waals surface area contributed by atoms with Gasteiger partial charge < -0.3 is 13.7 Å². The number of para-hydroxylation sites is 1. The highest BCUT2D eigenvalue weighted by molar-refractivity contribution is 7.90. The number of aromatic nitrogens is 3. The number of sulfonamides is 1. The number of benzene rings is 1. The lowest BCUT2D eigenvalue weighted by Crippen LogP contribution is -2.36. The SMILES string of the molecule is COc1nc(NC(=O)NS(=O)(=O)c2cccc3c2OS(=O)(=O)C(C)C3)nc(OC)n1. The van der Waals surface area contributed by atoms with Crippen LogP contribution in [-0.2, 0) is 26.6 Å². The zero-order chi connectivity index (χ0) is 22.1. The minimum Gasteiger partial charge on any atom is -0.467 e. The van der Waals surface area contributed by atoms with Gasteiger partial charge in [0.1, 0.15) is 4.90 Å². The van der Waals surface area contributed by atoms with Crippen LogP contribution in [0.25, 0.3) is 0 Å². The highest BCUT2D eigenvalue weighted by Gasteiger charge is 2.35. The van der Waals surface area contributed by atoms with E-state index in [1.165, 1.54) is 27.2 Å². The monoisotopic (exact) mass is 459 g/mol. The number of urea groups is 1. The van der Waals surface area contributed by atoms with Crippen LogP contribution in [0.1, 0.15) is 12.5 Å². The van der Waals surface area contributed by atoms with Crippen LogP contribution >= 0.6 is 0 Å². The summed E-state index contributed by atoms with van der Waals surface area (Å²) in [6.07, 6.45) is 0.0671. The van der Waals surface area contributed by atoms with Gasteiger partial charge in [-0.2, -0.15) is 18.4 Å². The molecule has 0 saturated carbocycles. The van der Waals surface area contributed by atoms with Gasteiger partial charge >= 0.3 is 28.2 Å². The van der Waals surface area contributed by atoms with Crippen LogP contribution in [0.2, 0.25) is 0 Å². The minimum absolute atomic E-state index is 0.0671. The Morgan fingerprint density at radius 1 is 1.17 bits per heavy atom. The van der Waals surface area contributed by atoms with Crippen LogP contribution in [0.3, 0.4) is 0 Å². The average molecular weight is 459 g/mol. The summed E-state index contributed by atoms with van der Waals surface area (Å²) in [5.74, 6) is -0.687. The summed E-state index contributed by atoms with van der Waals surface area (Å²) in [6.45, 7) is 1.45. The van der Waals surface area contributed by atoms with E-state index in [1.807, 2.05) is 0 Å². The first kappa shape index (κ1) is 21.5. The highest BCUT2D eigenvalue weighted by atomic mass is 32.2. The smallest absolute Gasteiger partial charge is 0.335 e. The number of methoxy groups -OCH3 is 2. The van der Waals surface area contributed by atoms with Crippen LogP contribution in [0.4, 0.5) is 10.7 Å². The minimum atomic E-state index is -4.51. The van der Waals surface area contributed by atoms with Crippen molar-refractivity contribution in [2.75, 3.05) is 19.5 Å². The van der Waals surface area contributed by atoms with Crippen LogP contribution in [-0.4, -0.2) is 57.3 Å². The van der Waals surface area contributed by atoms with Gasteiger partial charge in [-0.05, 0) is 25.0 Å². The predicted octanol–water partition coefficient (Wildman–Crippen LogP) is 0.0524. The number of carbonyl (C=O) groups is 1. The molecule has 1 aromatic heterocycles. The van der Waals surface area contributed by atoms with Crippen molar-refractivity contribution in [2.45, 2.75) is 23.5 Å². The maximum Gasteiger partial charge on any atom is 0.335 e. The predicted molar refractivity (Wildman–Crippen MR) is 101 cm³/mol. The molecule has 2 aromatic rings. The fourth-order valence-electron chi connectivity index (χ4n) is 2.52. The molecule has 2 heterocycles. The van der Waals surface area contributed by atoms with E-state index in [0.29, 0.717) is 5.56 Å². The molecular formula is C15H17N5O8S2. The van der Waals surface area contributed by atoms with E-state index < -0.39 is 36.3 Å². The summed E-state index contributed by atoms with van der Waals surface area (Å²) in [7, 11) is -5.95. The van der Waals surface area contributed by atoms with Crippen molar-refractivity contribution >= 4 is 32.1 Å². The number of amides is 2. The summed E-state index contributed by atoms with van der Waals surface area (Å²) >= 11 is 0. The van der Waals surface area contributed by atoms with E-state index in [2.05, 4.69) is 20.3 Å². The molecule has 13 nitrogen and oxygen atoms in total. The fraction of sp³-hybridized carbons (Fsp3) is 0.333. The Labute approximate surface area is 172 Å². The van der Waals surface area contributed by atoms with Gasteiger partial charge in [0.2, 0.25) is 5.95 Å². The van der Waals surface area contributed by atoms with Crippen LogP contribution in [0.5, 0.6) is 17.8 Å². The first-order valence-electron chi connectivity index (χ1n) is 8.29. The van der Waals surface area contributed by atoms with Crippen molar-refractivity contribution in [2.24, 2.45) is 0 Å². The molecule has 0 spiro atoms. The molecule has 15 heteroatoms. The number of fused-ring (bicyclic) bond motifs is 1. The standard InChI is InChI=1S/C15H17N5O8S2/c1-8-7-9-5-4-6-10(11(9)28-30(8,24)25)29(22,23)20-13(21)16-12-17-14(26-2)19-15(18-12)27-3/h4-6,8H,7H2,1-3H3,(H2,16,17,18,19,20,21). The molecule has 1 atom stereocenters. The number of ether oxygens (including phenoxy) is 2. The summed E-state index contributed by atoms with van der Waals surface area (Å²) in [5, 5.41) is 1.27. The topological polar surface area (TPSA) is 176 Å². The first-order valence-corrected chi connectivity index (χ1v) is 11.2. The molecule has 1 aliphatic heterocycles. The third-order valence-electron chi connectivity index (χ3n) is 3.96. The second kappa shape index (κ2) is 7.91. The van der Waals surface area contributed by atoms with Gasteiger partial charge in [0.25, 0.3) is 10.0 Å². The molecule has 0 aliphatic carbocycles. The second-order valence-electron chi connectivity index (χ2n) is 6.03. The lowest BCUT2D eigenvalue weighted by Gasteiger charge is -2.24. The number of hydrogen-bond donors (Lipinski definition) is 2. The summed E-state index contributed by atoms with van der Waals surface area (Å²) in [6, 6.07) is 2.52. The maximum atomic E-state index is 12.7. The van der Waals surface area contributed by atoms with Gasteiger partial charge in [-0.3, -0.25) is 5.32 Å². The van der Waals surface area contributed by atoms with Gasteiger partial charge in [0.15, 0.2) is 5.75 Å². The number of anilines is 1. The zero-order valence-electron chi connectivity index (χ0n) is 15.9. The number of rotatable bonds is 5. The maximum absolute atomic E-state index is 12.7. The second-order valence-corrected chi connectivity index (χ2v) is 9.64. The Hall–Kier alpha value is -3.20. The summed E-state index contributed by atoms with van der Waals surface area (Å²) in [5.41, 5.74) is 0.382. The van der Waals surface area contributed by atoms with Crippen molar-refractivity contribution < 1.29 is 35.3 Å². The fourth-order valence-corrected chi connectivity index (χ4v) is 4.63. The number of nitrogens with one attached hydrogen (secondary N) is 2. The van der Waals surface area contributed by atoms with Crippen molar-refractivity contribution in [1.82, 2.24) is 19.7 Å². The van der Waals surface area contributed by atoms with E-state index in [9.17, 15) is 21.6 Å². The Balaban J connectivity index is 1.86. The Kier molecular flexibility index (Phi) is 5.67. The molecule has 2 N–H and O–H groups in total. The highest BCUT2D eigenvalue weighted by Crippen LogP contribution is 2.35. The van der Waals surface area contributed by atoms with Crippen molar-refractivity contribution in [3.05, 3.63) is 23.8 Å². The van der Waals surface area contributed by atoms with Gasteiger partial charge in [0.05, 0.1) is 19.5 Å². The quantitative estimate of drug-likeness (QED) is 0.578. The lowest BCUT2D eigenvalue weighted by molar-refractivity contribution is 0.256. The molecule has 0 saturated heterocycles. The molecule has 1 unspecified atom stereocenters. The molecule has 0 bridgehead atoms. The molecule has 1 aromatic carbocycles. The number of nitrogens with zero attached hydrogens (tertiary/aromatic N) is 3. The Morgan fingerprint density at radius 3 is 2.40 bits per heavy atom. The molecule has 2 amide bonds. The molecule has 3 rings (SSSR count). The third-order valence-corrected chi connectivity index (χ3v) is 6.87. The lowest BCUT2D eigenvalue weighted by atomic mass is 10.1. The molecule has 0 fully saturated rings. The van der Waals surface area contributed by atoms with E-state index in [1.54, 1.807) is 10.8 Å². The van der Waals surface area contributed by atoms with E-state index in [0.717, 1.165) is 6.07 Å². The Morgan fingerprint density at radius 2 is 1.80 bits per heavy atom. The van der Waals surface area contributed by atoms with Gasteiger partial charge in [-0.15, -0.1) is 4.98 Å². The zero-order valence-corrected chi connectivity index (χ0v) is 17.6.